The van der Waals surface area contributed by atoms with Crippen LogP contribution in [-0.4, -0.2) is 22.9 Å². The van der Waals surface area contributed by atoms with Crippen molar-refractivity contribution in [1.82, 2.24) is 4.90 Å². The lowest BCUT2D eigenvalue weighted by Crippen LogP contribution is -2.52. The van der Waals surface area contributed by atoms with Crippen molar-refractivity contribution in [3.8, 4) is 0 Å². The molecule has 1 aromatic heterocycles. The van der Waals surface area contributed by atoms with Gasteiger partial charge in [-0.15, -0.1) is 11.3 Å². The fourth-order valence-corrected chi connectivity index (χ4v) is 3.61. The van der Waals surface area contributed by atoms with Crippen molar-refractivity contribution in [3.63, 3.8) is 0 Å². The first-order chi connectivity index (χ1) is 8.56. The first-order valence-corrected chi connectivity index (χ1v) is 7.57. The molecule has 18 heavy (non-hydrogen) atoms. The van der Waals surface area contributed by atoms with Crippen LogP contribution in [0.1, 0.15) is 50.4 Å². The van der Waals surface area contributed by atoms with E-state index in [0.29, 0.717) is 0 Å². The number of hydrogen-bond donors (Lipinski definition) is 1. The third-order valence-electron chi connectivity index (χ3n) is 3.64. The summed E-state index contributed by atoms with van der Waals surface area (Å²) in [5.74, 6) is 0.111. The molecule has 100 valence electrons. The van der Waals surface area contributed by atoms with Gasteiger partial charge in [-0.3, -0.25) is 4.79 Å². The van der Waals surface area contributed by atoms with Crippen molar-refractivity contribution >= 4 is 17.2 Å². The number of nitrogens with two attached hydrogens (primary N) is 1. The van der Waals surface area contributed by atoms with Crippen molar-refractivity contribution in [1.29, 1.82) is 0 Å². The normalized spacial score (nSPS) is 23.1. The Labute approximate surface area is 113 Å². The van der Waals surface area contributed by atoms with Gasteiger partial charge in [-0.1, -0.05) is 19.4 Å². The van der Waals surface area contributed by atoms with Crippen LogP contribution in [0.3, 0.4) is 0 Å². The molecule has 0 saturated carbocycles. The Morgan fingerprint density at radius 3 is 3.06 bits per heavy atom. The molecule has 3 nitrogen and oxygen atoms in total. The summed E-state index contributed by atoms with van der Waals surface area (Å²) in [4.78, 5) is 15.8. The average Bonchev–Trinajstić information content (AvgIpc) is 2.98. The molecule has 1 saturated heterocycles. The van der Waals surface area contributed by atoms with E-state index in [0.717, 1.165) is 32.2 Å². The summed E-state index contributed by atoms with van der Waals surface area (Å²) in [6.45, 7) is 4.78. The van der Waals surface area contributed by atoms with Crippen molar-refractivity contribution in [2.75, 3.05) is 6.54 Å². The molecule has 1 fully saturated rings. The molecule has 2 unspecified atom stereocenters. The summed E-state index contributed by atoms with van der Waals surface area (Å²) in [5, 5.41) is 2.07. The minimum atomic E-state index is -0.714. The van der Waals surface area contributed by atoms with Gasteiger partial charge in [0.2, 0.25) is 5.91 Å². The number of likely N-dealkylation sites (tertiary alicyclic amines) is 1. The average molecular weight is 266 g/mol. The van der Waals surface area contributed by atoms with E-state index in [2.05, 4.69) is 24.4 Å². The predicted molar refractivity (Wildman–Crippen MR) is 75.5 cm³/mol. The van der Waals surface area contributed by atoms with Gasteiger partial charge in [-0.2, -0.15) is 0 Å². The van der Waals surface area contributed by atoms with Crippen LogP contribution in [0.5, 0.6) is 0 Å². The second-order valence-electron chi connectivity index (χ2n) is 5.34. The van der Waals surface area contributed by atoms with E-state index in [4.69, 9.17) is 5.73 Å². The van der Waals surface area contributed by atoms with E-state index in [1.165, 1.54) is 4.88 Å². The first-order valence-electron chi connectivity index (χ1n) is 6.69. The Morgan fingerprint density at radius 2 is 2.44 bits per heavy atom. The van der Waals surface area contributed by atoms with Crippen LogP contribution in [0.4, 0.5) is 0 Å². The van der Waals surface area contributed by atoms with Crippen LogP contribution < -0.4 is 5.73 Å². The monoisotopic (exact) mass is 266 g/mol. The molecule has 2 N–H and O–H groups in total. The number of nitrogens with zero attached hydrogens (tertiary/aromatic N) is 1. The van der Waals surface area contributed by atoms with E-state index >= 15 is 0 Å². The molecular formula is C14H22N2OS. The minimum absolute atomic E-state index is 0.111. The van der Waals surface area contributed by atoms with Gasteiger partial charge in [-0.25, -0.2) is 0 Å². The van der Waals surface area contributed by atoms with Gasteiger partial charge in [0, 0.05) is 11.4 Å². The highest BCUT2D eigenvalue weighted by Crippen LogP contribution is 2.36. The van der Waals surface area contributed by atoms with E-state index < -0.39 is 5.54 Å². The van der Waals surface area contributed by atoms with Crippen LogP contribution in [0.2, 0.25) is 0 Å². The minimum Gasteiger partial charge on any atom is -0.333 e. The Bertz CT molecular complexity index is 400. The van der Waals surface area contributed by atoms with Gasteiger partial charge < -0.3 is 10.6 Å². The lowest BCUT2D eigenvalue weighted by Gasteiger charge is -2.32. The van der Waals surface area contributed by atoms with Gasteiger partial charge in [0.25, 0.3) is 0 Å². The Morgan fingerprint density at radius 1 is 1.67 bits per heavy atom. The number of amides is 1. The molecule has 0 bridgehead atoms. The lowest BCUT2D eigenvalue weighted by molar-refractivity contribution is -0.137. The molecule has 0 aromatic carbocycles. The van der Waals surface area contributed by atoms with E-state index in [-0.39, 0.29) is 11.9 Å². The highest BCUT2D eigenvalue weighted by atomic mass is 32.1. The zero-order valence-electron chi connectivity index (χ0n) is 11.2. The predicted octanol–water partition coefficient (Wildman–Crippen LogP) is 2.93. The highest BCUT2D eigenvalue weighted by molar-refractivity contribution is 7.10. The second kappa shape index (κ2) is 5.41. The van der Waals surface area contributed by atoms with Crippen molar-refractivity contribution in [3.05, 3.63) is 22.4 Å². The fraction of sp³-hybridized carbons (Fsp3) is 0.643. The zero-order valence-corrected chi connectivity index (χ0v) is 12.0. The van der Waals surface area contributed by atoms with Gasteiger partial charge in [0.1, 0.15) is 0 Å². The topological polar surface area (TPSA) is 46.3 Å². The molecule has 1 amide bonds. The maximum Gasteiger partial charge on any atom is 0.242 e. The zero-order chi connectivity index (χ0) is 13.2. The Hall–Kier alpha value is -0.870. The molecule has 1 aliphatic rings. The molecule has 2 heterocycles. The number of carbonyl (C=O) groups excluding carboxylic acids is 1. The molecule has 0 radical (unpaired) electrons. The van der Waals surface area contributed by atoms with Crippen LogP contribution in [-0.2, 0) is 4.79 Å². The molecule has 2 atom stereocenters. The molecule has 4 heteroatoms. The third-order valence-corrected chi connectivity index (χ3v) is 4.62. The standard InChI is InChI=1S/C14H22N2OS/c1-3-8-14(2,15)13(17)16-9-4-6-11(16)12-7-5-10-18-12/h5,7,10-11H,3-4,6,8-9,15H2,1-2H3. The summed E-state index contributed by atoms with van der Waals surface area (Å²) in [6.07, 6.45) is 3.83. The van der Waals surface area contributed by atoms with E-state index in [9.17, 15) is 4.79 Å². The summed E-state index contributed by atoms with van der Waals surface area (Å²) in [7, 11) is 0. The van der Waals surface area contributed by atoms with Crippen LogP contribution in [0.15, 0.2) is 17.5 Å². The van der Waals surface area contributed by atoms with Gasteiger partial charge in [0.15, 0.2) is 0 Å². The van der Waals surface area contributed by atoms with E-state index in [1.54, 1.807) is 11.3 Å². The van der Waals surface area contributed by atoms with Crippen LogP contribution >= 0.6 is 11.3 Å². The molecule has 1 aliphatic heterocycles. The van der Waals surface area contributed by atoms with Gasteiger partial charge >= 0.3 is 0 Å². The number of rotatable bonds is 4. The summed E-state index contributed by atoms with van der Waals surface area (Å²) >= 11 is 1.73. The van der Waals surface area contributed by atoms with E-state index in [1.807, 2.05) is 11.8 Å². The van der Waals surface area contributed by atoms with Gasteiger partial charge in [0.05, 0.1) is 11.6 Å². The molecular weight excluding hydrogens is 244 g/mol. The van der Waals surface area contributed by atoms with Crippen LogP contribution in [0, 0.1) is 0 Å². The number of thiophene rings is 1. The molecule has 2 rings (SSSR count). The fourth-order valence-electron chi connectivity index (χ4n) is 2.74. The second-order valence-corrected chi connectivity index (χ2v) is 6.32. The number of hydrogen-bond acceptors (Lipinski definition) is 3. The third kappa shape index (κ3) is 2.59. The maximum absolute atomic E-state index is 12.6. The smallest absolute Gasteiger partial charge is 0.242 e. The summed E-state index contributed by atoms with van der Waals surface area (Å²) < 4.78 is 0. The first kappa shape index (κ1) is 13.6. The van der Waals surface area contributed by atoms with Crippen molar-refractivity contribution in [2.45, 2.75) is 51.1 Å². The summed E-state index contributed by atoms with van der Waals surface area (Å²) in [5.41, 5.74) is 5.46. The molecule has 1 aromatic rings. The SMILES string of the molecule is CCCC(C)(N)C(=O)N1CCCC1c1cccs1. The van der Waals surface area contributed by atoms with Crippen molar-refractivity contribution < 1.29 is 4.79 Å². The maximum atomic E-state index is 12.6. The largest absolute Gasteiger partial charge is 0.333 e. The number of carbonyl (C=O) groups is 1. The molecule has 0 aliphatic carbocycles. The molecule has 0 spiro atoms. The van der Waals surface area contributed by atoms with Crippen LogP contribution in [0.25, 0.3) is 0 Å². The Kier molecular flexibility index (Phi) is 4.07. The summed E-state index contributed by atoms with van der Waals surface area (Å²) in [6, 6.07) is 4.42. The quantitative estimate of drug-likeness (QED) is 0.910. The van der Waals surface area contributed by atoms with Gasteiger partial charge in [-0.05, 0) is 37.6 Å². The Balaban J connectivity index is 2.14. The lowest BCUT2D eigenvalue weighted by atomic mass is 9.95. The highest BCUT2D eigenvalue weighted by Gasteiger charge is 2.38. The van der Waals surface area contributed by atoms with Crippen molar-refractivity contribution in [2.24, 2.45) is 5.73 Å².